The Balaban J connectivity index is 2.14. The first-order valence-corrected chi connectivity index (χ1v) is 6.71. The van der Waals surface area contributed by atoms with Crippen LogP contribution in [0.4, 0.5) is 5.69 Å². The zero-order chi connectivity index (χ0) is 13.8. The van der Waals surface area contributed by atoms with Crippen LogP contribution in [0.1, 0.15) is 15.2 Å². The highest BCUT2D eigenvalue weighted by atomic mass is 35.5. The predicted octanol–water partition coefficient (Wildman–Crippen LogP) is 2.35. The molecule has 0 saturated heterocycles. The van der Waals surface area contributed by atoms with Gasteiger partial charge in [-0.3, -0.25) is 15.6 Å². The number of rotatable bonds is 4. The van der Waals surface area contributed by atoms with Crippen molar-refractivity contribution in [2.24, 2.45) is 5.84 Å². The van der Waals surface area contributed by atoms with E-state index in [1.807, 2.05) is 12.1 Å². The third kappa shape index (κ3) is 3.23. The Bertz CT molecular complexity index is 587. The molecular formula is C12H13ClN4OS. The van der Waals surface area contributed by atoms with Gasteiger partial charge in [0.25, 0.3) is 5.91 Å². The summed E-state index contributed by atoms with van der Waals surface area (Å²) in [7, 11) is 1.73. The van der Waals surface area contributed by atoms with E-state index in [9.17, 15) is 4.79 Å². The number of nitrogens with two attached hydrogens (primary N) is 1. The summed E-state index contributed by atoms with van der Waals surface area (Å²) in [5, 5.41) is 0. The fourth-order valence-electron chi connectivity index (χ4n) is 1.64. The van der Waals surface area contributed by atoms with E-state index in [0.717, 1.165) is 4.88 Å². The first kappa shape index (κ1) is 13.8. The van der Waals surface area contributed by atoms with Crippen molar-refractivity contribution in [3.05, 3.63) is 45.4 Å². The third-order valence-electron chi connectivity index (χ3n) is 2.58. The molecule has 0 bridgehead atoms. The summed E-state index contributed by atoms with van der Waals surface area (Å²) in [6.45, 7) is 0.495. The van der Waals surface area contributed by atoms with Gasteiger partial charge < -0.3 is 10.3 Å². The van der Waals surface area contributed by atoms with Gasteiger partial charge in [0, 0.05) is 24.3 Å². The maximum atomic E-state index is 12.3. The Morgan fingerprint density at radius 3 is 2.95 bits per heavy atom. The van der Waals surface area contributed by atoms with Gasteiger partial charge >= 0.3 is 0 Å². The molecule has 0 aliphatic rings. The van der Waals surface area contributed by atoms with E-state index >= 15 is 0 Å². The van der Waals surface area contributed by atoms with Crippen LogP contribution in [-0.4, -0.2) is 22.8 Å². The summed E-state index contributed by atoms with van der Waals surface area (Å²) in [5.41, 5.74) is 3.49. The Labute approximate surface area is 120 Å². The molecule has 2 heterocycles. The van der Waals surface area contributed by atoms with Gasteiger partial charge in [-0.15, -0.1) is 11.3 Å². The molecule has 2 aromatic heterocycles. The van der Waals surface area contributed by atoms with E-state index < -0.39 is 0 Å². The largest absolute Gasteiger partial charge is 0.336 e. The fraction of sp³-hybridized carbons (Fsp3) is 0.167. The van der Waals surface area contributed by atoms with E-state index in [-0.39, 0.29) is 5.91 Å². The molecule has 0 fully saturated rings. The molecule has 0 aromatic carbocycles. The number of nitrogen functional groups attached to an aromatic ring is 1. The van der Waals surface area contributed by atoms with Crippen LogP contribution in [0.3, 0.4) is 0 Å². The Morgan fingerprint density at radius 2 is 2.32 bits per heavy atom. The quantitative estimate of drug-likeness (QED) is 0.671. The Morgan fingerprint density at radius 1 is 1.53 bits per heavy atom. The summed E-state index contributed by atoms with van der Waals surface area (Å²) in [5.74, 6) is 5.23. The summed E-state index contributed by atoms with van der Waals surface area (Å²) in [4.78, 5) is 18.9. The van der Waals surface area contributed by atoms with Crippen LogP contribution in [0.25, 0.3) is 0 Å². The number of thiophene rings is 1. The van der Waals surface area contributed by atoms with Crippen LogP contribution < -0.4 is 11.3 Å². The summed E-state index contributed by atoms with van der Waals surface area (Å²) in [6.07, 6.45) is 3.07. The first-order chi connectivity index (χ1) is 9.11. The van der Waals surface area contributed by atoms with Crippen molar-refractivity contribution < 1.29 is 4.79 Å². The Hall–Kier alpha value is -1.63. The standard InChI is InChI=1S/C12H13ClN4OS/c1-17(7-8-2-3-11(13)19-8)12(18)9-6-15-5-4-10(9)16-14/h2-6H,7,14H2,1H3,(H,15,16). The Kier molecular flexibility index (Phi) is 4.36. The lowest BCUT2D eigenvalue weighted by Gasteiger charge is -2.17. The maximum absolute atomic E-state index is 12.3. The molecule has 100 valence electrons. The van der Waals surface area contributed by atoms with Gasteiger partial charge in [-0.1, -0.05) is 11.6 Å². The monoisotopic (exact) mass is 296 g/mol. The highest BCUT2D eigenvalue weighted by Crippen LogP contribution is 2.23. The van der Waals surface area contributed by atoms with Gasteiger partial charge in [0.1, 0.15) is 0 Å². The summed E-state index contributed by atoms with van der Waals surface area (Å²) < 4.78 is 0.710. The number of nitrogens with one attached hydrogen (secondary N) is 1. The number of aromatic nitrogens is 1. The average Bonchev–Trinajstić information content (AvgIpc) is 2.83. The molecule has 19 heavy (non-hydrogen) atoms. The lowest BCUT2D eigenvalue weighted by Crippen LogP contribution is -2.27. The SMILES string of the molecule is CN(Cc1ccc(Cl)s1)C(=O)c1cnccc1NN. The molecule has 3 N–H and O–H groups in total. The molecule has 5 nitrogen and oxygen atoms in total. The predicted molar refractivity (Wildman–Crippen MR) is 77.2 cm³/mol. The maximum Gasteiger partial charge on any atom is 0.257 e. The van der Waals surface area contributed by atoms with Crippen molar-refractivity contribution in [2.45, 2.75) is 6.54 Å². The smallest absolute Gasteiger partial charge is 0.257 e. The minimum atomic E-state index is -0.148. The number of hydrazine groups is 1. The molecule has 2 aromatic rings. The molecule has 0 radical (unpaired) electrons. The number of halogens is 1. The number of hydrogen-bond acceptors (Lipinski definition) is 5. The zero-order valence-corrected chi connectivity index (χ0v) is 11.8. The van der Waals surface area contributed by atoms with E-state index in [1.54, 1.807) is 24.2 Å². The van der Waals surface area contributed by atoms with Gasteiger partial charge in [-0.05, 0) is 18.2 Å². The van der Waals surface area contributed by atoms with E-state index in [2.05, 4.69) is 10.4 Å². The van der Waals surface area contributed by atoms with E-state index in [0.29, 0.717) is 22.1 Å². The average molecular weight is 297 g/mol. The van der Waals surface area contributed by atoms with Crippen molar-refractivity contribution in [2.75, 3.05) is 12.5 Å². The fourth-order valence-corrected chi connectivity index (χ4v) is 2.78. The van der Waals surface area contributed by atoms with Crippen LogP contribution in [-0.2, 0) is 6.54 Å². The van der Waals surface area contributed by atoms with Crippen molar-refractivity contribution in [1.29, 1.82) is 0 Å². The zero-order valence-electron chi connectivity index (χ0n) is 10.3. The van der Waals surface area contributed by atoms with Gasteiger partial charge in [0.15, 0.2) is 0 Å². The van der Waals surface area contributed by atoms with Gasteiger partial charge in [-0.25, -0.2) is 0 Å². The van der Waals surface area contributed by atoms with Gasteiger partial charge in [-0.2, -0.15) is 0 Å². The second kappa shape index (κ2) is 6.01. The van der Waals surface area contributed by atoms with E-state index in [4.69, 9.17) is 17.4 Å². The number of carbonyl (C=O) groups is 1. The van der Waals surface area contributed by atoms with E-state index in [1.165, 1.54) is 17.5 Å². The molecule has 0 aliphatic carbocycles. The number of hydrogen-bond donors (Lipinski definition) is 2. The number of pyridine rings is 1. The summed E-state index contributed by atoms with van der Waals surface area (Å²) in [6, 6.07) is 5.38. The molecular weight excluding hydrogens is 284 g/mol. The summed E-state index contributed by atoms with van der Waals surface area (Å²) >= 11 is 7.32. The second-order valence-corrected chi connectivity index (χ2v) is 5.73. The van der Waals surface area contributed by atoms with Crippen molar-refractivity contribution >= 4 is 34.5 Å². The number of nitrogens with zero attached hydrogens (tertiary/aromatic N) is 2. The topological polar surface area (TPSA) is 71.2 Å². The molecule has 2 rings (SSSR count). The highest BCUT2D eigenvalue weighted by molar-refractivity contribution is 7.16. The lowest BCUT2D eigenvalue weighted by atomic mass is 10.2. The number of anilines is 1. The molecule has 0 saturated carbocycles. The number of carbonyl (C=O) groups excluding carboxylic acids is 1. The van der Waals surface area contributed by atoms with Crippen LogP contribution in [0.2, 0.25) is 4.34 Å². The molecule has 0 unspecified atom stereocenters. The molecule has 0 aliphatic heterocycles. The van der Waals surface area contributed by atoms with Crippen molar-refractivity contribution in [1.82, 2.24) is 9.88 Å². The highest BCUT2D eigenvalue weighted by Gasteiger charge is 2.16. The molecule has 0 atom stereocenters. The minimum absolute atomic E-state index is 0.148. The molecule has 7 heteroatoms. The minimum Gasteiger partial charge on any atom is -0.336 e. The molecule has 0 spiro atoms. The third-order valence-corrected chi connectivity index (χ3v) is 3.79. The second-order valence-electron chi connectivity index (χ2n) is 3.93. The lowest BCUT2D eigenvalue weighted by molar-refractivity contribution is 0.0787. The number of amides is 1. The first-order valence-electron chi connectivity index (χ1n) is 5.52. The van der Waals surface area contributed by atoms with Crippen molar-refractivity contribution in [3.8, 4) is 0 Å². The molecule has 1 amide bonds. The van der Waals surface area contributed by atoms with Crippen molar-refractivity contribution in [3.63, 3.8) is 0 Å². The van der Waals surface area contributed by atoms with Crippen LogP contribution in [0.15, 0.2) is 30.6 Å². The van der Waals surface area contributed by atoms with Crippen LogP contribution in [0.5, 0.6) is 0 Å². The van der Waals surface area contributed by atoms with Crippen LogP contribution in [0, 0.1) is 0 Å². The van der Waals surface area contributed by atoms with Crippen LogP contribution >= 0.6 is 22.9 Å². The van der Waals surface area contributed by atoms with Gasteiger partial charge in [0.2, 0.25) is 0 Å². The van der Waals surface area contributed by atoms with Gasteiger partial charge in [0.05, 0.1) is 22.1 Å². The normalized spacial score (nSPS) is 10.3.